The summed E-state index contributed by atoms with van der Waals surface area (Å²) in [5.41, 5.74) is 1.47. The third-order valence-corrected chi connectivity index (χ3v) is 5.93. The summed E-state index contributed by atoms with van der Waals surface area (Å²) in [5, 5.41) is 12.1. The topological polar surface area (TPSA) is 117 Å². The number of nitrogens with zero attached hydrogens (tertiary/aromatic N) is 3. The fourth-order valence-electron chi connectivity index (χ4n) is 3.98. The number of halogens is 1. The van der Waals surface area contributed by atoms with Gasteiger partial charge in [0.15, 0.2) is 0 Å². The van der Waals surface area contributed by atoms with Crippen molar-refractivity contribution in [3.63, 3.8) is 0 Å². The predicted molar refractivity (Wildman–Crippen MR) is 113 cm³/mol. The minimum atomic E-state index is -1.27. The smallest absolute Gasteiger partial charge is 0.332 e. The molecule has 0 aliphatic carbocycles. The van der Waals surface area contributed by atoms with E-state index < -0.39 is 34.6 Å². The van der Waals surface area contributed by atoms with E-state index >= 15 is 0 Å². The van der Waals surface area contributed by atoms with Gasteiger partial charge in [-0.3, -0.25) is 29.5 Å². The highest BCUT2D eigenvalue weighted by molar-refractivity contribution is 6.31. The van der Waals surface area contributed by atoms with Gasteiger partial charge < -0.3 is 4.98 Å². The fourth-order valence-corrected chi connectivity index (χ4v) is 4.23. The van der Waals surface area contributed by atoms with Gasteiger partial charge in [-0.05, 0) is 23.3 Å². The van der Waals surface area contributed by atoms with Gasteiger partial charge in [-0.25, -0.2) is 4.79 Å². The van der Waals surface area contributed by atoms with Crippen molar-refractivity contribution in [1.82, 2.24) is 14.8 Å². The molecule has 1 atom stereocenters. The summed E-state index contributed by atoms with van der Waals surface area (Å²) >= 11 is 6.45. The number of hydrogen-bond donors (Lipinski definition) is 1. The van der Waals surface area contributed by atoms with E-state index in [0.29, 0.717) is 27.1 Å². The molecule has 4 rings (SSSR count). The Morgan fingerprint density at radius 1 is 1.03 bits per heavy atom. The number of carbonyl (C=O) groups is 3. The van der Waals surface area contributed by atoms with Gasteiger partial charge in [-0.1, -0.05) is 29.8 Å². The summed E-state index contributed by atoms with van der Waals surface area (Å²) in [7, 11) is 2.62. The number of hydrogen-bond acceptors (Lipinski definition) is 5. The SMILES string of the molecule is CN1C(=O)C(C(c2ccccc2Cl)c2c[nH]c3ccc([N+](=O)[O-])cc23)C(=O)N(C)C1=O. The number of amides is 4. The molecule has 1 unspecified atom stereocenters. The Labute approximate surface area is 181 Å². The van der Waals surface area contributed by atoms with Crippen molar-refractivity contribution < 1.29 is 19.3 Å². The second-order valence-corrected chi connectivity index (χ2v) is 7.69. The third kappa shape index (κ3) is 3.23. The molecule has 1 fully saturated rings. The zero-order valence-corrected chi connectivity index (χ0v) is 17.3. The highest BCUT2D eigenvalue weighted by Gasteiger charge is 2.48. The molecular weight excluding hydrogens is 424 g/mol. The number of barbiturate groups is 1. The van der Waals surface area contributed by atoms with Crippen LogP contribution in [0.5, 0.6) is 0 Å². The lowest BCUT2D eigenvalue weighted by Gasteiger charge is -2.36. The molecule has 0 saturated carbocycles. The van der Waals surface area contributed by atoms with Crippen molar-refractivity contribution in [1.29, 1.82) is 0 Å². The van der Waals surface area contributed by atoms with Crippen LogP contribution < -0.4 is 0 Å². The van der Waals surface area contributed by atoms with E-state index in [1.807, 2.05) is 0 Å². The van der Waals surface area contributed by atoms with Gasteiger partial charge in [0, 0.05) is 54.3 Å². The van der Waals surface area contributed by atoms with Crippen molar-refractivity contribution in [3.8, 4) is 0 Å². The Morgan fingerprint density at radius 3 is 2.29 bits per heavy atom. The summed E-state index contributed by atoms with van der Waals surface area (Å²) in [5.74, 6) is -3.48. The lowest BCUT2D eigenvalue weighted by Crippen LogP contribution is -2.58. The van der Waals surface area contributed by atoms with Gasteiger partial charge in [0.05, 0.1) is 4.92 Å². The first-order valence-corrected chi connectivity index (χ1v) is 9.69. The number of nitro benzene ring substituents is 1. The molecule has 1 N–H and O–H groups in total. The highest BCUT2D eigenvalue weighted by Crippen LogP contribution is 2.42. The maximum absolute atomic E-state index is 13.1. The van der Waals surface area contributed by atoms with Crippen LogP contribution in [0.15, 0.2) is 48.7 Å². The molecule has 4 amide bonds. The molecular formula is C21H17ClN4O5. The standard InChI is InChI=1S/C21H17ClN4O5/c1-24-19(27)18(20(28)25(2)21(24)29)17(12-5-3-4-6-15(12)22)14-10-23-16-8-7-11(26(30)31)9-13(14)16/h3-10,17-18,23H,1-2H3. The maximum atomic E-state index is 13.1. The number of urea groups is 1. The van der Waals surface area contributed by atoms with Crippen molar-refractivity contribution >= 4 is 46.0 Å². The number of carbonyl (C=O) groups excluding carboxylic acids is 3. The van der Waals surface area contributed by atoms with Gasteiger partial charge >= 0.3 is 6.03 Å². The van der Waals surface area contributed by atoms with E-state index in [2.05, 4.69) is 4.98 Å². The minimum Gasteiger partial charge on any atom is -0.361 e. The number of imide groups is 2. The van der Waals surface area contributed by atoms with E-state index in [4.69, 9.17) is 11.6 Å². The molecule has 0 spiro atoms. The number of nitrogens with one attached hydrogen (secondary N) is 1. The summed E-state index contributed by atoms with van der Waals surface area (Å²) in [6.07, 6.45) is 1.61. The predicted octanol–water partition coefficient (Wildman–Crippen LogP) is 3.53. The summed E-state index contributed by atoms with van der Waals surface area (Å²) in [4.78, 5) is 54.1. The van der Waals surface area contributed by atoms with Crippen LogP contribution >= 0.6 is 11.6 Å². The van der Waals surface area contributed by atoms with Gasteiger partial charge in [0.1, 0.15) is 5.92 Å². The van der Waals surface area contributed by atoms with E-state index in [1.54, 1.807) is 36.5 Å². The number of nitro groups is 1. The molecule has 3 aromatic rings. The summed E-state index contributed by atoms with van der Waals surface area (Å²) < 4.78 is 0. The zero-order valence-electron chi connectivity index (χ0n) is 16.5. The zero-order chi connectivity index (χ0) is 22.4. The van der Waals surface area contributed by atoms with Crippen LogP contribution in [0.2, 0.25) is 5.02 Å². The van der Waals surface area contributed by atoms with Crippen molar-refractivity contribution in [2.75, 3.05) is 14.1 Å². The number of rotatable bonds is 4. The average Bonchev–Trinajstić information content (AvgIpc) is 3.17. The third-order valence-electron chi connectivity index (χ3n) is 5.58. The van der Waals surface area contributed by atoms with E-state index in [0.717, 1.165) is 9.80 Å². The molecule has 0 bridgehead atoms. The van der Waals surface area contributed by atoms with Crippen LogP contribution in [-0.4, -0.2) is 51.6 Å². The van der Waals surface area contributed by atoms with Gasteiger partial charge in [-0.2, -0.15) is 0 Å². The molecule has 1 aromatic heterocycles. The van der Waals surface area contributed by atoms with Gasteiger partial charge in [0.25, 0.3) is 5.69 Å². The van der Waals surface area contributed by atoms with Gasteiger partial charge in [-0.15, -0.1) is 0 Å². The first-order chi connectivity index (χ1) is 14.7. The van der Waals surface area contributed by atoms with Gasteiger partial charge in [0.2, 0.25) is 11.8 Å². The Hall–Kier alpha value is -3.72. The largest absolute Gasteiger partial charge is 0.361 e. The number of aromatic amines is 1. The number of aromatic nitrogens is 1. The van der Waals surface area contributed by atoms with Crippen LogP contribution in [0.4, 0.5) is 10.5 Å². The molecule has 1 saturated heterocycles. The molecule has 2 aromatic carbocycles. The van der Waals surface area contributed by atoms with Crippen molar-refractivity contribution in [2.24, 2.45) is 5.92 Å². The molecule has 0 radical (unpaired) electrons. The maximum Gasteiger partial charge on any atom is 0.332 e. The monoisotopic (exact) mass is 440 g/mol. The fraction of sp³-hybridized carbons (Fsp3) is 0.190. The molecule has 1 aliphatic rings. The van der Waals surface area contributed by atoms with E-state index in [1.165, 1.54) is 26.2 Å². The summed E-state index contributed by atoms with van der Waals surface area (Å²) in [6, 6.07) is 10.4. The lowest BCUT2D eigenvalue weighted by atomic mass is 9.78. The first-order valence-electron chi connectivity index (χ1n) is 9.31. The Balaban J connectivity index is 1.99. The Bertz CT molecular complexity index is 1230. The molecule has 158 valence electrons. The molecule has 31 heavy (non-hydrogen) atoms. The normalized spacial score (nSPS) is 16.3. The summed E-state index contributed by atoms with van der Waals surface area (Å²) in [6.45, 7) is 0. The lowest BCUT2D eigenvalue weighted by molar-refractivity contribution is -0.384. The number of non-ortho nitro benzene ring substituents is 1. The average molecular weight is 441 g/mol. The quantitative estimate of drug-likeness (QED) is 0.378. The van der Waals surface area contributed by atoms with E-state index in [-0.39, 0.29) is 5.69 Å². The van der Waals surface area contributed by atoms with Crippen molar-refractivity contribution in [3.05, 3.63) is 74.9 Å². The highest BCUT2D eigenvalue weighted by atomic mass is 35.5. The van der Waals surface area contributed by atoms with Crippen LogP contribution in [0.25, 0.3) is 10.9 Å². The van der Waals surface area contributed by atoms with Crippen LogP contribution in [0.1, 0.15) is 17.0 Å². The Morgan fingerprint density at radius 2 is 1.68 bits per heavy atom. The number of fused-ring (bicyclic) bond motifs is 1. The molecule has 10 heteroatoms. The Kier molecular flexibility index (Phi) is 4.98. The minimum absolute atomic E-state index is 0.128. The molecule has 9 nitrogen and oxygen atoms in total. The number of H-pyrrole nitrogens is 1. The molecule has 2 heterocycles. The van der Waals surface area contributed by atoms with Crippen molar-refractivity contribution in [2.45, 2.75) is 5.92 Å². The molecule has 1 aliphatic heterocycles. The first kappa shape index (κ1) is 20.5. The van der Waals surface area contributed by atoms with Crippen LogP contribution in [-0.2, 0) is 9.59 Å². The van der Waals surface area contributed by atoms with E-state index in [9.17, 15) is 24.5 Å². The second kappa shape index (κ2) is 7.51. The number of benzene rings is 2. The van der Waals surface area contributed by atoms with Crippen LogP contribution in [0, 0.1) is 16.0 Å². The van der Waals surface area contributed by atoms with Crippen LogP contribution in [0.3, 0.4) is 0 Å². The second-order valence-electron chi connectivity index (χ2n) is 7.28.